The summed E-state index contributed by atoms with van der Waals surface area (Å²) in [6.07, 6.45) is 0. The third kappa shape index (κ3) is 4.28. The van der Waals surface area contributed by atoms with Gasteiger partial charge in [-0.05, 0) is 38.5 Å². The Labute approximate surface area is 167 Å². The van der Waals surface area contributed by atoms with Gasteiger partial charge in [0.25, 0.3) is 0 Å². The molecule has 0 saturated heterocycles. The summed E-state index contributed by atoms with van der Waals surface area (Å²) in [5.41, 5.74) is 4.84. The molecule has 3 rings (SSSR count). The molecule has 3 aromatic rings. The first-order chi connectivity index (χ1) is 13.4. The molecule has 0 aromatic heterocycles. The molecular formula is C22H23NO4S. The highest BCUT2D eigenvalue weighted by Crippen LogP contribution is 2.42. The number of rotatable bonds is 6. The van der Waals surface area contributed by atoms with Gasteiger partial charge in [0.05, 0.1) is 12.8 Å². The molecule has 1 atom stereocenters. The molecule has 1 unspecified atom stereocenters. The number of phenolic OH excluding ortho intramolecular Hbond substituents is 1. The first-order valence-corrected chi connectivity index (χ1v) is 9.87. The van der Waals surface area contributed by atoms with E-state index in [2.05, 4.69) is 4.72 Å². The monoisotopic (exact) mass is 397 g/mol. The number of hydrogen-bond acceptors (Lipinski definition) is 4. The van der Waals surface area contributed by atoms with Crippen molar-refractivity contribution in [3.8, 4) is 28.4 Å². The summed E-state index contributed by atoms with van der Waals surface area (Å²) < 4.78 is 26.0. The van der Waals surface area contributed by atoms with E-state index in [0.717, 1.165) is 22.3 Å². The lowest BCUT2D eigenvalue weighted by Crippen LogP contribution is -2.11. The predicted octanol–water partition coefficient (Wildman–Crippen LogP) is 5.06. The fourth-order valence-electron chi connectivity index (χ4n) is 2.89. The third-order valence-corrected chi connectivity index (χ3v) is 5.18. The Morgan fingerprint density at radius 2 is 1.50 bits per heavy atom. The second-order valence-corrected chi connectivity index (χ2v) is 7.41. The van der Waals surface area contributed by atoms with Crippen molar-refractivity contribution in [2.24, 2.45) is 0 Å². The van der Waals surface area contributed by atoms with Gasteiger partial charge in [-0.2, -0.15) is 4.21 Å². The van der Waals surface area contributed by atoms with E-state index in [1.165, 1.54) is 0 Å². The zero-order valence-corrected chi connectivity index (χ0v) is 17.1. The van der Waals surface area contributed by atoms with Crippen LogP contribution in [0.1, 0.15) is 16.7 Å². The molecule has 0 aliphatic rings. The van der Waals surface area contributed by atoms with E-state index in [1.807, 2.05) is 50.2 Å². The van der Waals surface area contributed by atoms with Gasteiger partial charge in [0.15, 0.2) is 0 Å². The van der Waals surface area contributed by atoms with Crippen LogP contribution in [-0.4, -0.2) is 16.4 Å². The number of ether oxygens (including phenoxy) is 1. The SMILES string of the molecule is COc1cc(NS(=O)Oc2ccc(C)cc2)c(O)c(C)c1-c1ccc(C)cc1. The first kappa shape index (κ1) is 19.8. The van der Waals surface area contributed by atoms with Crippen LogP contribution in [0.15, 0.2) is 54.6 Å². The minimum absolute atomic E-state index is 0.00256. The van der Waals surface area contributed by atoms with Crippen molar-refractivity contribution in [2.45, 2.75) is 20.8 Å². The summed E-state index contributed by atoms with van der Waals surface area (Å²) in [5, 5.41) is 10.7. The number of aryl methyl sites for hydroxylation is 2. The lowest BCUT2D eigenvalue weighted by Gasteiger charge is -2.17. The lowest BCUT2D eigenvalue weighted by molar-refractivity contribution is 0.414. The van der Waals surface area contributed by atoms with Gasteiger partial charge in [-0.15, -0.1) is 0 Å². The van der Waals surface area contributed by atoms with Gasteiger partial charge in [-0.3, -0.25) is 4.72 Å². The van der Waals surface area contributed by atoms with E-state index in [-0.39, 0.29) is 11.4 Å². The number of benzene rings is 3. The smallest absolute Gasteiger partial charge is 0.316 e. The predicted molar refractivity (Wildman–Crippen MR) is 113 cm³/mol. The Balaban J connectivity index is 1.90. The first-order valence-electron chi connectivity index (χ1n) is 8.80. The Morgan fingerprint density at radius 1 is 0.929 bits per heavy atom. The average Bonchev–Trinajstić information content (AvgIpc) is 2.68. The summed E-state index contributed by atoms with van der Waals surface area (Å²) in [4.78, 5) is 0. The third-order valence-electron chi connectivity index (χ3n) is 4.45. The number of hydrogen-bond donors (Lipinski definition) is 2. The van der Waals surface area contributed by atoms with Crippen LogP contribution in [-0.2, 0) is 11.3 Å². The van der Waals surface area contributed by atoms with E-state index in [9.17, 15) is 9.32 Å². The van der Waals surface area contributed by atoms with Crippen molar-refractivity contribution in [3.05, 3.63) is 71.3 Å². The maximum atomic E-state index is 12.3. The molecule has 0 amide bonds. The number of phenols is 1. The highest BCUT2D eigenvalue weighted by Gasteiger charge is 2.18. The van der Waals surface area contributed by atoms with Crippen molar-refractivity contribution in [1.82, 2.24) is 0 Å². The summed E-state index contributed by atoms with van der Waals surface area (Å²) in [7, 11) is 1.56. The van der Waals surface area contributed by atoms with Gasteiger partial charge < -0.3 is 14.0 Å². The van der Waals surface area contributed by atoms with Crippen molar-refractivity contribution < 1.29 is 18.2 Å². The molecule has 0 aliphatic carbocycles. The van der Waals surface area contributed by atoms with Gasteiger partial charge in [-0.1, -0.05) is 47.5 Å². The van der Waals surface area contributed by atoms with Crippen LogP contribution in [0.4, 0.5) is 5.69 Å². The second-order valence-electron chi connectivity index (χ2n) is 6.57. The molecule has 3 aromatic carbocycles. The quantitative estimate of drug-likeness (QED) is 0.570. The molecule has 5 nitrogen and oxygen atoms in total. The van der Waals surface area contributed by atoms with E-state index < -0.39 is 11.3 Å². The van der Waals surface area contributed by atoms with E-state index >= 15 is 0 Å². The van der Waals surface area contributed by atoms with Crippen LogP contribution < -0.4 is 13.6 Å². The summed E-state index contributed by atoms with van der Waals surface area (Å²) in [5.74, 6) is 1.03. The fraction of sp³-hybridized carbons (Fsp3) is 0.182. The minimum atomic E-state index is -1.88. The fourth-order valence-corrected chi connectivity index (χ4v) is 3.55. The molecule has 146 valence electrons. The molecule has 0 radical (unpaired) electrons. The normalized spacial score (nSPS) is 11.7. The molecule has 28 heavy (non-hydrogen) atoms. The maximum Gasteiger partial charge on any atom is 0.316 e. The molecule has 0 bridgehead atoms. The number of anilines is 1. The zero-order chi connectivity index (χ0) is 20.3. The largest absolute Gasteiger partial charge is 0.505 e. The number of methoxy groups -OCH3 is 1. The topological polar surface area (TPSA) is 67.8 Å². The maximum absolute atomic E-state index is 12.3. The van der Waals surface area contributed by atoms with Gasteiger partial charge in [0.2, 0.25) is 0 Å². The Kier molecular flexibility index (Phi) is 5.90. The van der Waals surface area contributed by atoms with Crippen LogP contribution in [0.5, 0.6) is 17.2 Å². The Morgan fingerprint density at radius 3 is 2.07 bits per heavy atom. The minimum Gasteiger partial charge on any atom is -0.505 e. The highest BCUT2D eigenvalue weighted by molar-refractivity contribution is 7.82. The van der Waals surface area contributed by atoms with Crippen LogP contribution in [0, 0.1) is 20.8 Å². The van der Waals surface area contributed by atoms with Crippen molar-refractivity contribution >= 4 is 17.0 Å². The number of nitrogens with one attached hydrogen (secondary N) is 1. The molecule has 2 N–H and O–H groups in total. The van der Waals surface area contributed by atoms with E-state index in [0.29, 0.717) is 17.1 Å². The van der Waals surface area contributed by atoms with Gasteiger partial charge in [0.1, 0.15) is 17.2 Å². The van der Waals surface area contributed by atoms with E-state index in [4.69, 9.17) is 8.92 Å². The summed E-state index contributed by atoms with van der Waals surface area (Å²) >= 11 is -1.88. The zero-order valence-electron chi connectivity index (χ0n) is 16.3. The second kappa shape index (κ2) is 8.35. The average molecular weight is 397 g/mol. The van der Waals surface area contributed by atoms with E-state index in [1.54, 1.807) is 32.2 Å². The number of aromatic hydroxyl groups is 1. The van der Waals surface area contributed by atoms with Crippen LogP contribution in [0.25, 0.3) is 11.1 Å². The van der Waals surface area contributed by atoms with Crippen molar-refractivity contribution in [1.29, 1.82) is 0 Å². The van der Waals surface area contributed by atoms with Gasteiger partial charge in [0, 0.05) is 17.2 Å². The molecule has 6 heteroatoms. The lowest BCUT2D eigenvalue weighted by atomic mass is 9.97. The van der Waals surface area contributed by atoms with Crippen LogP contribution in [0.2, 0.25) is 0 Å². The highest BCUT2D eigenvalue weighted by atomic mass is 32.2. The molecule has 0 spiro atoms. The van der Waals surface area contributed by atoms with Gasteiger partial charge >= 0.3 is 11.3 Å². The van der Waals surface area contributed by atoms with Crippen LogP contribution >= 0.6 is 0 Å². The van der Waals surface area contributed by atoms with Crippen LogP contribution in [0.3, 0.4) is 0 Å². The van der Waals surface area contributed by atoms with Gasteiger partial charge in [-0.25, -0.2) is 0 Å². The summed E-state index contributed by atoms with van der Waals surface area (Å²) in [6.45, 7) is 5.77. The molecule has 0 heterocycles. The molecule has 0 saturated carbocycles. The summed E-state index contributed by atoms with van der Waals surface area (Å²) in [6, 6.07) is 16.8. The molecule has 0 fully saturated rings. The Hall–Kier alpha value is -2.99. The molecule has 0 aliphatic heterocycles. The standard InChI is InChI=1S/C22H23NO4S/c1-14-5-9-17(10-6-14)21-16(3)22(24)19(13-20(21)26-4)23-28(25)27-18-11-7-15(2)8-12-18/h5-13,23-24H,1-4H3. The molecular weight excluding hydrogens is 374 g/mol. The van der Waals surface area contributed by atoms with Crippen molar-refractivity contribution in [3.63, 3.8) is 0 Å². The van der Waals surface area contributed by atoms with Crippen molar-refractivity contribution in [2.75, 3.05) is 11.8 Å². The Bertz CT molecular complexity index is 999.